The van der Waals surface area contributed by atoms with Crippen LogP contribution in [-0.4, -0.2) is 7.05 Å². The van der Waals surface area contributed by atoms with Crippen LogP contribution in [0.5, 0.6) is 0 Å². The van der Waals surface area contributed by atoms with Crippen LogP contribution in [0.1, 0.15) is 17.4 Å². The molecule has 4 heteroatoms. The third-order valence-electron chi connectivity index (χ3n) is 2.39. The first kappa shape index (κ1) is 11.2. The molecule has 1 N–H and O–H groups in total. The number of rotatable bonds is 3. The van der Waals surface area contributed by atoms with Gasteiger partial charge >= 0.3 is 0 Å². The van der Waals surface area contributed by atoms with E-state index in [4.69, 9.17) is 16.0 Å². The zero-order valence-electron chi connectivity index (χ0n) is 8.71. The molecule has 0 aliphatic carbocycles. The highest BCUT2D eigenvalue weighted by Crippen LogP contribution is 2.25. The molecule has 0 radical (unpaired) electrons. The molecule has 0 aliphatic rings. The maximum absolute atomic E-state index is 13.3. The third-order valence-corrected chi connectivity index (χ3v) is 2.70. The summed E-state index contributed by atoms with van der Waals surface area (Å²) in [6, 6.07) is 8.20. The average molecular weight is 240 g/mol. The smallest absolute Gasteiger partial charge is 0.142 e. The van der Waals surface area contributed by atoms with Gasteiger partial charge in [0.05, 0.1) is 17.3 Å². The Morgan fingerprint density at radius 2 is 2.19 bits per heavy atom. The van der Waals surface area contributed by atoms with Crippen molar-refractivity contribution >= 4 is 11.6 Å². The van der Waals surface area contributed by atoms with Gasteiger partial charge in [-0.25, -0.2) is 4.39 Å². The summed E-state index contributed by atoms with van der Waals surface area (Å²) in [4.78, 5) is 0. The van der Waals surface area contributed by atoms with E-state index in [9.17, 15) is 4.39 Å². The molecule has 2 aromatic rings. The fourth-order valence-electron chi connectivity index (χ4n) is 1.62. The van der Waals surface area contributed by atoms with Gasteiger partial charge in [0.25, 0.3) is 0 Å². The largest absolute Gasteiger partial charge is 0.467 e. The summed E-state index contributed by atoms with van der Waals surface area (Å²) in [6.45, 7) is 0. The number of hydrogen-bond donors (Lipinski definition) is 1. The normalized spacial score (nSPS) is 12.7. The molecule has 0 aliphatic heterocycles. The van der Waals surface area contributed by atoms with Gasteiger partial charge in [-0.15, -0.1) is 0 Å². The van der Waals surface area contributed by atoms with E-state index in [1.54, 1.807) is 31.5 Å². The van der Waals surface area contributed by atoms with Crippen LogP contribution >= 0.6 is 11.6 Å². The Balaban J connectivity index is 2.37. The second-order valence-electron chi connectivity index (χ2n) is 3.41. The van der Waals surface area contributed by atoms with Gasteiger partial charge in [0.1, 0.15) is 11.6 Å². The van der Waals surface area contributed by atoms with Gasteiger partial charge in [-0.2, -0.15) is 0 Å². The zero-order chi connectivity index (χ0) is 11.5. The molecule has 1 aromatic carbocycles. The minimum absolute atomic E-state index is 0.123. The van der Waals surface area contributed by atoms with Crippen molar-refractivity contribution in [3.63, 3.8) is 0 Å². The summed E-state index contributed by atoms with van der Waals surface area (Å²) < 4.78 is 18.6. The molecule has 0 saturated carbocycles. The zero-order valence-corrected chi connectivity index (χ0v) is 9.46. The van der Waals surface area contributed by atoms with Gasteiger partial charge in [-0.1, -0.05) is 17.7 Å². The minimum atomic E-state index is -0.425. The first-order valence-corrected chi connectivity index (χ1v) is 5.26. The molecule has 0 fully saturated rings. The van der Waals surface area contributed by atoms with Crippen molar-refractivity contribution in [1.82, 2.24) is 5.32 Å². The summed E-state index contributed by atoms with van der Waals surface area (Å²) in [5.41, 5.74) is 0.777. The SMILES string of the molecule is CNC(c1ccc(Cl)c(F)c1)c1ccco1. The van der Waals surface area contributed by atoms with E-state index in [1.165, 1.54) is 6.07 Å². The van der Waals surface area contributed by atoms with Gasteiger partial charge in [-0.05, 0) is 36.9 Å². The first-order chi connectivity index (χ1) is 7.72. The predicted molar refractivity (Wildman–Crippen MR) is 61.0 cm³/mol. The van der Waals surface area contributed by atoms with Gasteiger partial charge in [0, 0.05) is 0 Å². The highest BCUT2D eigenvalue weighted by atomic mass is 35.5. The molecule has 1 unspecified atom stereocenters. The highest BCUT2D eigenvalue weighted by molar-refractivity contribution is 6.30. The molecule has 2 nitrogen and oxygen atoms in total. The van der Waals surface area contributed by atoms with E-state index in [-0.39, 0.29) is 11.1 Å². The molecule has 2 rings (SSSR count). The molecule has 0 bridgehead atoms. The Kier molecular flexibility index (Phi) is 3.27. The highest BCUT2D eigenvalue weighted by Gasteiger charge is 2.15. The summed E-state index contributed by atoms with van der Waals surface area (Å²) in [5, 5.41) is 3.19. The Labute approximate surface area is 98.0 Å². The van der Waals surface area contributed by atoms with Crippen LogP contribution in [0.25, 0.3) is 0 Å². The van der Waals surface area contributed by atoms with Crippen LogP contribution in [0.4, 0.5) is 4.39 Å². The van der Waals surface area contributed by atoms with Crippen LogP contribution in [0.3, 0.4) is 0 Å². The van der Waals surface area contributed by atoms with Crippen molar-refractivity contribution < 1.29 is 8.81 Å². The van der Waals surface area contributed by atoms with E-state index in [2.05, 4.69) is 5.32 Å². The second-order valence-corrected chi connectivity index (χ2v) is 3.82. The molecule has 1 heterocycles. The van der Waals surface area contributed by atoms with Crippen LogP contribution < -0.4 is 5.32 Å². The Morgan fingerprint density at radius 1 is 1.38 bits per heavy atom. The molecular weight excluding hydrogens is 229 g/mol. The number of benzene rings is 1. The summed E-state index contributed by atoms with van der Waals surface area (Å²) in [5.74, 6) is 0.315. The van der Waals surface area contributed by atoms with Gasteiger partial charge < -0.3 is 9.73 Å². The third kappa shape index (κ3) is 2.10. The fourth-order valence-corrected chi connectivity index (χ4v) is 1.74. The average Bonchev–Trinajstić information content (AvgIpc) is 2.78. The van der Waals surface area contributed by atoms with Crippen LogP contribution in [-0.2, 0) is 0 Å². The monoisotopic (exact) mass is 239 g/mol. The maximum atomic E-state index is 13.3. The number of hydrogen-bond acceptors (Lipinski definition) is 2. The number of nitrogens with one attached hydrogen (secondary N) is 1. The van der Waals surface area contributed by atoms with Crippen LogP contribution in [0, 0.1) is 5.82 Å². The lowest BCUT2D eigenvalue weighted by Gasteiger charge is -2.14. The quantitative estimate of drug-likeness (QED) is 0.888. The standard InChI is InChI=1S/C12H11ClFNO/c1-15-12(11-3-2-6-16-11)8-4-5-9(13)10(14)7-8/h2-7,12,15H,1H3. The molecular formula is C12H11ClFNO. The molecule has 1 aromatic heterocycles. The topological polar surface area (TPSA) is 25.2 Å². The van der Waals surface area contributed by atoms with E-state index in [1.807, 2.05) is 6.07 Å². The summed E-state index contributed by atoms with van der Waals surface area (Å²) in [7, 11) is 1.79. The Hall–Kier alpha value is -1.32. The van der Waals surface area contributed by atoms with Gasteiger partial charge in [0.2, 0.25) is 0 Å². The predicted octanol–water partition coefficient (Wildman–Crippen LogP) is 3.38. The molecule has 16 heavy (non-hydrogen) atoms. The molecule has 1 atom stereocenters. The second kappa shape index (κ2) is 4.68. The van der Waals surface area contributed by atoms with E-state index >= 15 is 0 Å². The first-order valence-electron chi connectivity index (χ1n) is 4.88. The minimum Gasteiger partial charge on any atom is -0.467 e. The van der Waals surface area contributed by atoms with Crippen molar-refractivity contribution in [3.05, 3.63) is 58.8 Å². The van der Waals surface area contributed by atoms with E-state index < -0.39 is 5.82 Å². The Bertz CT molecular complexity index is 470. The lowest BCUT2D eigenvalue weighted by atomic mass is 10.0. The molecule has 0 spiro atoms. The Morgan fingerprint density at radius 3 is 2.75 bits per heavy atom. The van der Waals surface area contributed by atoms with Crippen molar-refractivity contribution in [2.24, 2.45) is 0 Å². The van der Waals surface area contributed by atoms with E-state index in [0.717, 1.165) is 11.3 Å². The number of furan rings is 1. The van der Waals surface area contributed by atoms with Crippen molar-refractivity contribution in [2.75, 3.05) is 7.05 Å². The lowest BCUT2D eigenvalue weighted by molar-refractivity contribution is 0.462. The summed E-state index contributed by atoms with van der Waals surface area (Å²) >= 11 is 5.63. The van der Waals surface area contributed by atoms with Gasteiger partial charge in [-0.3, -0.25) is 0 Å². The van der Waals surface area contributed by atoms with E-state index in [0.29, 0.717) is 0 Å². The van der Waals surface area contributed by atoms with Crippen LogP contribution in [0.2, 0.25) is 5.02 Å². The fraction of sp³-hybridized carbons (Fsp3) is 0.167. The lowest BCUT2D eigenvalue weighted by Crippen LogP contribution is -2.17. The molecule has 0 saturated heterocycles. The van der Waals surface area contributed by atoms with Crippen LogP contribution in [0.15, 0.2) is 41.0 Å². The van der Waals surface area contributed by atoms with Crippen molar-refractivity contribution in [1.29, 1.82) is 0 Å². The molecule has 84 valence electrons. The van der Waals surface area contributed by atoms with Crippen molar-refractivity contribution in [3.8, 4) is 0 Å². The maximum Gasteiger partial charge on any atom is 0.142 e. The molecule has 0 amide bonds. The summed E-state index contributed by atoms with van der Waals surface area (Å²) in [6.07, 6.45) is 1.59. The number of halogens is 2. The van der Waals surface area contributed by atoms with Crippen molar-refractivity contribution in [2.45, 2.75) is 6.04 Å². The van der Waals surface area contributed by atoms with Gasteiger partial charge in [0.15, 0.2) is 0 Å².